The van der Waals surface area contributed by atoms with Gasteiger partial charge in [-0.2, -0.15) is 0 Å². The standard InChI is InChI=1S/C33H37N5O3/c1-41-30-15-13-25(14-16-30)20-36-23-32(39)31(19-24-7-3-2-4-8-24)37(21-26-9-5-11-28(34)17-26)33(40)38(36)22-27-10-6-12-29(35)18-27/h2-18,31-32,39H,19-23,34-35H2,1H3/t31-,32-/m1/s1. The quantitative estimate of drug-likeness (QED) is 0.261. The number of hydrazine groups is 1. The number of anilines is 2. The Labute approximate surface area is 241 Å². The number of ether oxygens (including phenoxy) is 1. The molecule has 212 valence electrons. The molecule has 5 rings (SSSR count). The molecule has 0 saturated carbocycles. The van der Waals surface area contributed by atoms with Crippen molar-refractivity contribution >= 4 is 17.4 Å². The molecule has 1 heterocycles. The summed E-state index contributed by atoms with van der Waals surface area (Å²) >= 11 is 0. The van der Waals surface area contributed by atoms with Crippen molar-refractivity contribution in [3.05, 3.63) is 125 Å². The maximum atomic E-state index is 14.6. The molecule has 0 unspecified atom stereocenters. The molecular formula is C33H37N5O3. The highest BCUT2D eigenvalue weighted by molar-refractivity contribution is 5.75. The van der Waals surface area contributed by atoms with Gasteiger partial charge in [-0.1, -0.05) is 66.7 Å². The smallest absolute Gasteiger partial charge is 0.335 e. The minimum Gasteiger partial charge on any atom is -0.497 e. The van der Waals surface area contributed by atoms with Crippen LogP contribution in [0.5, 0.6) is 5.75 Å². The summed E-state index contributed by atoms with van der Waals surface area (Å²) in [5, 5.41) is 15.4. The summed E-state index contributed by atoms with van der Waals surface area (Å²) in [6.45, 7) is 1.31. The lowest BCUT2D eigenvalue weighted by Crippen LogP contribution is -2.51. The van der Waals surface area contributed by atoms with Gasteiger partial charge in [-0.3, -0.25) is 5.01 Å². The minimum atomic E-state index is -0.815. The van der Waals surface area contributed by atoms with Crippen LogP contribution in [0.2, 0.25) is 0 Å². The number of β-amino-alcohol motifs (C(OH)–C–C–N with tert-alkyl or cyclic N) is 1. The molecule has 0 aromatic heterocycles. The number of methoxy groups -OCH3 is 1. The van der Waals surface area contributed by atoms with Crippen molar-refractivity contribution in [1.29, 1.82) is 0 Å². The second-order valence-electron chi connectivity index (χ2n) is 10.5. The third-order valence-corrected chi connectivity index (χ3v) is 7.45. The number of urea groups is 1. The number of hydrogen-bond donors (Lipinski definition) is 3. The molecule has 0 bridgehead atoms. The summed E-state index contributed by atoms with van der Waals surface area (Å²) in [6, 6.07) is 32.2. The van der Waals surface area contributed by atoms with E-state index < -0.39 is 12.1 Å². The second kappa shape index (κ2) is 12.8. The number of nitrogens with two attached hydrogens (primary N) is 2. The van der Waals surface area contributed by atoms with E-state index in [1.165, 1.54) is 0 Å². The Balaban J connectivity index is 1.54. The summed E-state index contributed by atoms with van der Waals surface area (Å²) in [4.78, 5) is 16.4. The van der Waals surface area contributed by atoms with Crippen molar-refractivity contribution in [1.82, 2.24) is 14.9 Å². The first-order valence-corrected chi connectivity index (χ1v) is 13.8. The molecule has 1 aliphatic heterocycles. The minimum absolute atomic E-state index is 0.194. The molecule has 1 saturated heterocycles. The van der Waals surface area contributed by atoms with Gasteiger partial charge in [0.05, 0.1) is 25.8 Å². The van der Waals surface area contributed by atoms with E-state index in [0.717, 1.165) is 28.0 Å². The number of hydrogen-bond acceptors (Lipinski definition) is 6. The Morgan fingerprint density at radius 3 is 1.98 bits per heavy atom. The molecule has 0 spiro atoms. The Kier molecular flexibility index (Phi) is 8.72. The molecule has 5 N–H and O–H groups in total. The normalized spacial score (nSPS) is 17.9. The van der Waals surface area contributed by atoms with Gasteiger partial charge in [0.1, 0.15) is 5.75 Å². The summed E-state index contributed by atoms with van der Waals surface area (Å²) in [5.74, 6) is 0.758. The number of rotatable bonds is 9. The van der Waals surface area contributed by atoms with Gasteiger partial charge in [0.15, 0.2) is 0 Å². The average molecular weight is 552 g/mol. The van der Waals surface area contributed by atoms with Gasteiger partial charge in [-0.05, 0) is 65.1 Å². The maximum Gasteiger partial charge on any atom is 0.335 e. The first-order valence-electron chi connectivity index (χ1n) is 13.8. The molecule has 1 aliphatic rings. The van der Waals surface area contributed by atoms with E-state index in [9.17, 15) is 9.90 Å². The van der Waals surface area contributed by atoms with Gasteiger partial charge in [-0.15, -0.1) is 0 Å². The van der Waals surface area contributed by atoms with Crippen LogP contribution in [0.4, 0.5) is 16.2 Å². The van der Waals surface area contributed by atoms with E-state index in [-0.39, 0.29) is 12.6 Å². The number of benzene rings is 4. The molecule has 4 aromatic rings. The van der Waals surface area contributed by atoms with Crippen LogP contribution in [0.25, 0.3) is 0 Å². The molecular weight excluding hydrogens is 514 g/mol. The third-order valence-electron chi connectivity index (χ3n) is 7.45. The lowest BCUT2D eigenvalue weighted by molar-refractivity contribution is -0.0213. The third kappa shape index (κ3) is 6.98. The van der Waals surface area contributed by atoms with Crippen LogP contribution in [0, 0.1) is 0 Å². The zero-order chi connectivity index (χ0) is 28.8. The predicted octanol–water partition coefficient (Wildman–Crippen LogP) is 4.69. The zero-order valence-corrected chi connectivity index (χ0v) is 23.3. The van der Waals surface area contributed by atoms with Crippen molar-refractivity contribution < 1.29 is 14.6 Å². The van der Waals surface area contributed by atoms with E-state index in [4.69, 9.17) is 16.2 Å². The largest absolute Gasteiger partial charge is 0.497 e. The fourth-order valence-electron chi connectivity index (χ4n) is 5.35. The monoisotopic (exact) mass is 551 g/mol. The predicted molar refractivity (Wildman–Crippen MR) is 162 cm³/mol. The topological polar surface area (TPSA) is 108 Å². The van der Waals surface area contributed by atoms with Gasteiger partial charge in [-0.25, -0.2) is 9.80 Å². The number of nitrogen functional groups attached to an aromatic ring is 2. The van der Waals surface area contributed by atoms with E-state index >= 15 is 0 Å². The van der Waals surface area contributed by atoms with E-state index in [2.05, 4.69) is 0 Å². The zero-order valence-electron chi connectivity index (χ0n) is 23.3. The maximum absolute atomic E-state index is 14.6. The van der Waals surface area contributed by atoms with Crippen LogP contribution in [0.3, 0.4) is 0 Å². The number of carbonyl (C=O) groups is 1. The fraction of sp³-hybridized carbons (Fsp3) is 0.242. The van der Waals surface area contributed by atoms with Crippen LogP contribution in [-0.4, -0.2) is 51.9 Å². The summed E-state index contributed by atoms with van der Waals surface area (Å²) < 4.78 is 5.33. The first-order chi connectivity index (χ1) is 19.9. The average Bonchev–Trinajstić information content (AvgIpc) is 3.05. The Hall–Kier alpha value is -4.53. The Morgan fingerprint density at radius 2 is 1.37 bits per heavy atom. The number of carbonyl (C=O) groups excluding carboxylic acids is 1. The van der Waals surface area contributed by atoms with Crippen molar-refractivity contribution in [2.75, 3.05) is 25.1 Å². The second-order valence-corrected chi connectivity index (χ2v) is 10.5. The van der Waals surface area contributed by atoms with Gasteiger partial charge in [0.2, 0.25) is 0 Å². The van der Waals surface area contributed by atoms with Crippen LogP contribution < -0.4 is 16.2 Å². The summed E-state index contributed by atoms with van der Waals surface area (Å²) in [5.41, 5.74) is 17.3. The van der Waals surface area contributed by atoms with E-state index in [1.54, 1.807) is 17.0 Å². The molecule has 4 aromatic carbocycles. The van der Waals surface area contributed by atoms with Gasteiger partial charge in [0, 0.05) is 31.0 Å². The first kappa shape index (κ1) is 28.0. The van der Waals surface area contributed by atoms with Gasteiger partial charge < -0.3 is 26.2 Å². The van der Waals surface area contributed by atoms with Gasteiger partial charge >= 0.3 is 6.03 Å². The van der Waals surface area contributed by atoms with Crippen LogP contribution in [0.15, 0.2) is 103 Å². The van der Waals surface area contributed by atoms with Crippen LogP contribution in [0.1, 0.15) is 22.3 Å². The fourth-order valence-corrected chi connectivity index (χ4v) is 5.35. The highest BCUT2D eigenvalue weighted by Gasteiger charge is 2.40. The summed E-state index contributed by atoms with van der Waals surface area (Å²) in [7, 11) is 1.63. The molecule has 41 heavy (non-hydrogen) atoms. The molecule has 1 fully saturated rings. The van der Waals surface area contributed by atoms with Crippen molar-refractivity contribution in [2.24, 2.45) is 0 Å². The molecule has 0 aliphatic carbocycles. The van der Waals surface area contributed by atoms with Crippen LogP contribution in [-0.2, 0) is 26.1 Å². The SMILES string of the molecule is COc1ccc(CN2C[C@@H](O)[C@@H](Cc3ccccc3)N(Cc3cccc(N)c3)C(=O)N2Cc2cccc(N)c2)cc1. The van der Waals surface area contributed by atoms with Gasteiger partial charge in [0.25, 0.3) is 0 Å². The Morgan fingerprint density at radius 1 is 0.756 bits per heavy atom. The van der Waals surface area contributed by atoms with E-state index in [1.807, 2.05) is 108 Å². The van der Waals surface area contributed by atoms with Crippen molar-refractivity contribution in [2.45, 2.75) is 38.2 Å². The lowest BCUT2D eigenvalue weighted by atomic mass is 9.99. The highest BCUT2D eigenvalue weighted by atomic mass is 16.5. The highest BCUT2D eigenvalue weighted by Crippen LogP contribution is 2.27. The summed E-state index contributed by atoms with van der Waals surface area (Å²) in [6.07, 6.45) is -0.303. The molecule has 2 amide bonds. The molecule has 0 radical (unpaired) electrons. The number of aliphatic hydroxyl groups is 1. The van der Waals surface area contributed by atoms with Crippen LogP contribution >= 0.6 is 0 Å². The van der Waals surface area contributed by atoms with E-state index in [0.29, 0.717) is 37.4 Å². The molecule has 2 atom stereocenters. The number of aliphatic hydroxyl groups excluding tert-OH is 1. The molecule has 8 nitrogen and oxygen atoms in total. The number of amides is 2. The Bertz CT molecular complexity index is 1450. The lowest BCUT2D eigenvalue weighted by Gasteiger charge is -2.36. The number of nitrogens with zero attached hydrogens (tertiary/aromatic N) is 3. The molecule has 8 heteroatoms. The van der Waals surface area contributed by atoms with Crippen molar-refractivity contribution in [3.63, 3.8) is 0 Å². The van der Waals surface area contributed by atoms with Crippen molar-refractivity contribution in [3.8, 4) is 5.75 Å².